The number of amides is 1. The zero-order valence-corrected chi connectivity index (χ0v) is 12.1. The summed E-state index contributed by atoms with van der Waals surface area (Å²) in [5.74, 6) is -0.147. The molecule has 2 rings (SSSR count). The van der Waals surface area contributed by atoms with Gasteiger partial charge in [-0.25, -0.2) is 4.68 Å². The van der Waals surface area contributed by atoms with Crippen molar-refractivity contribution in [2.24, 2.45) is 0 Å². The number of carbonyl (C=O) groups is 1. The molecule has 0 radical (unpaired) electrons. The number of rotatable bonds is 5. The van der Waals surface area contributed by atoms with Crippen LogP contribution in [0.2, 0.25) is 0 Å². The SMILES string of the molecule is CC(O)CCN(C)C(=O)c1cn(C2CCNCC2)nn1. The number of nitrogens with zero attached hydrogens (tertiary/aromatic N) is 4. The maximum atomic E-state index is 12.2. The molecule has 1 saturated heterocycles. The minimum absolute atomic E-state index is 0.147. The van der Waals surface area contributed by atoms with Gasteiger partial charge in [0.15, 0.2) is 5.69 Å². The van der Waals surface area contributed by atoms with E-state index in [0.717, 1.165) is 25.9 Å². The lowest BCUT2D eigenvalue weighted by molar-refractivity contribution is 0.0763. The topological polar surface area (TPSA) is 83.3 Å². The molecule has 0 aromatic carbocycles. The van der Waals surface area contributed by atoms with E-state index in [-0.39, 0.29) is 5.91 Å². The van der Waals surface area contributed by atoms with Gasteiger partial charge in [0.2, 0.25) is 0 Å². The number of piperidine rings is 1. The first-order valence-electron chi connectivity index (χ1n) is 7.14. The van der Waals surface area contributed by atoms with Gasteiger partial charge in [0.05, 0.1) is 18.3 Å². The van der Waals surface area contributed by atoms with Gasteiger partial charge in [-0.3, -0.25) is 4.79 Å². The van der Waals surface area contributed by atoms with Crippen LogP contribution < -0.4 is 5.32 Å². The molecule has 1 fully saturated rings. The van der Waals surface area contributed by atoms with E-state index in [9.17, 15) is 9.90 Å². The van der Waals surface area contributed by atoms with Gasteiger partial charge < -0.3 is 15.3 Å². The molecule has 1 atom stereocenters. The third kappa shape index (κ3) is 3.77. The van der Waals surface area contributed by atoms with Crippen molar-refractivity contribution in [3.8, 4) is 0 Å². The lowest BCUT2D eigenvalue weighted by atomic mass is 10.1. The van der Waals surface area contributed by atoms with E-state index >= 15 is 0 Å². The summed E-state index contributed by atoms with van der Waals surface area (Å²) in [5, 5.41) is 20.6. The van der Waals surface area contributed by atoms with Gasteiger partial charge in [0.1, 0.15) is 0 Å². The Kier molecular flexibility index (Phi) is 5.08. The fourth-order valence-corrected chi connectivity index (χ4v) is 2.30. The highest BCUT2D eigenvalue weighted by atomic mass is 16.3. The molecule has 1 aromatic rings. The summed E-state index contributed by atoms with van der Waals surface area (Å²) >= 11 is 0. The van der Waals surface area contributed by atoms with Crippen LogP contribution in [0.3, 0.4) is 0 Å². The van der Waals surface area contributed by atoms with Crippen molar-refractivity contribution in [3.63, 3.8) is 0 Å². The molecular formula is C13H23N5O2. The fraction of sp³-hybridized carbons (Fsp3) is 0.769. The standard InChI is InChI=1S/C13H23N5O2/c1-10(19)5-8-17(2)13(20)12-9-18(16-15-12)11-3-6-14-7-4-11/h9-11,14,19H,3-8H2,1-2H3. The number of aliphatic hydroxyl groups is 1. The molecule has 1 aliphatic rings. The number of hydrogen-bond acceptors (Lipinski definition) is 5. The van der Waals surface area contributed by atoms with Gasteiger partial charge in [0, 0.05) is 13.6 Å². The molecule has 0 spiro atoms. The van der Waals surface area contributed by atoms with Crippen LogP contribution in [-0.2, 0) is 0 Å². The second-order valence-corrected chi connectivity index (χ2v) is 5.43. The Morgan fingerprint density at radius 3 is 2.95 bits per heavy atom. The molecule has 7 heteroatoms. The molecule has 112 valence electrons. The Bertz CT molecular complexity index is 440. The predicted octanol–water partition coefficient (Wildman–Crippen LogP) is 0.0455. The van der Waals surface area contributed by atoms with Crippen molar-refractivity contribution in [2.75, 3.05) is 26.7 Å². The predicted molar refractivity (Wildman–Crippen MR) is 74.4 cm³/mol. The molecule has 7 nitrogen and oxygen atoms in total. The number of aliphatic hydroxyl groups excluding tert-OH is 1. The quantitative estimate of drug-likeness (QED) is 0.796. The monoisotopic (exact) mass is 281 g/mol. The number of aromatic nitrogens is 3. The zero-order valence-electron chi connectivity index (χ0n) is 12.1. The molecule has 1 unspecified atom stereocenters. The van der Waals surface area contributed by atoms with Crippen LogP contribution in [0.5, 0.6) is 0 Å². The average molecular weight is 281 g/mol. The molecule has 0 bridgehead atoms. The molecule has 0 aliphatic carbocycles. The van der Waals surface area contributed by atoms with Crippen molar-refractivity contribution in [1.82, 2.24) is 25.2 Å². The summed E-state index contributed by atoms with van der Waals surface area (Å²) in [7, 11) is 1.72. The highest BCUT2D eigenvalue weighted by Gasteiger charge is 2.20. The lowest BCUT2D eigenvalue weighted by Crippen LogP contribution is -2.30. The summed E-state index contributed by atoms with van der Waals surface area (Å²) < 4.78 is 1.80. The molecule has 1 amide bonds. The maximum Gasteiger partial charge on any atom is 0.275 e. The molecule has 1 aliphatic heterocycles. The van der Waals surface area contributed by atoms with Gasteiger partial charge in [-0.2, -0.15) is 0 Å². The molecule has 1 aromatic heterocycles. The van der Waals surface area contributed by atoms with Gasteiger partial charge in [-0.15, -0.1) is 5.10 Å². The average Bonchev–Trinajstić information content (AvgIpc) is 2.94. The van der Waals surface area contributed by atoms with Gasteiger partial charge >= 0.3 is 0 Å². The molecule has 2 heterocycles. The smallest absolute Gasteiger partial charge is 0.275 e. The Balaban J connectivity index is 1.95. The Labute approximate surface area is 119 Å². The van der Waals surface area contributed by atoms with E-state index in [0.29, 0.717) is 24.7 Å². The first kappa shape index (κ1) is 14.9. The minimum atomic E-state index is -0.407. The highest BCUT2D eigenvalue weighted by Crippen LogP contribution is 2.17. The van der Waals surface area contributed by atoms with Crippen LogP contribution in [0.25, 0.3) is 0 Å². The third-order valence-corrected chi connectivity index (χ3v) is 3.64. The van der Waals surface area contributed by atoms with Crippen molar-refractivity contribution in [1.29, 1.82) is 0 Å². The third-order valence-electron chi connectivity index (χ3n) is 3.64. The van der Waals surface area contributed by atoms with Gasteiger partial charge in [-0.1, -0.05) is 5.21 Å². The van der Waals surface area contributed by atoms with Crippen molar-refractivity contribution < 1.29 is 9.90 Å². The fourth-order valence-electron chi connectivity index (χ4n) is 2.30. The molecular weight excluding hydrogens is 258 g/mol. The van der Waals surface area contributed by atoms with Crippen LogP contribution in [0.4, 0.5) is 0 Å². The van der Waals surface area contributed by atoms with Gasteiger partial charge in [-0.05, 0) is 39.3 Å². The normalized spacial score (nSPS) is 17.9. The van der Waals surface area contributed by atoms with Gasteiger partial charge in [0.25, 0.3) is 5.91 Å². The maximum absolute atomic E-state index is 12.2. The first-order chi connectivity index (χ1) is 9.58. The van der Waals surface area contributed by atoms with Crippen molar-refractivity contribution >= 4 is 5.91 Å². The van der Waals surface area contributed by atoms with Crippen LogP contribution in [0, 0.1) is 0 Å². The summed E-state index contributed by atoms with van der Waals surface area (Å²) in [4.78, 5) is 13.7. The Morgan fingerprint density at radius 2 is 2.30 bits per heavy atom. The largest absolute Gasteiger partial charge is 0.393 e. The van der Waals surface area contributed by atoms with Crippen molar-refractivity contribution in [3.05, 3.63) is 11.9 Å². The summed E-state index contributed by atoms with van der Waals surface area (Å²) in [6.45, 7) is 4.17. The van der Waals surface area contributed by atoms with Crippen LogP contribution >= 0.6 is 0 Å². The van der Waals surface area contributed by atoms with Crippen molar-refractivity contribution in [2.45, 2.75) is 38.3 Å². The summed E-state index contributed by atoms with van der Waals surface area (Å²) in [6, 6.07) is 0.327. The molecule has 0 saturated carbocycles. The zero-order chi connectivity index (χ0) is 14.5. The molecule has 20 heavy (non-hydrogen) atoms. The Hall–Kier alpha value is -1.47. The van der Waals surface area contributed by atoms with E-state index < -0.39 is 6.10 Å². The van der Waals surface area contributed by atoms with Crippen LogP contribution in [0.15, 0.2) is 6.20 Å². The van der Waals surface area contributed by atoms with E-state index in [2.05, 4.69) is 15.6 Å². The minimum Gasteiger partial charge on any atom is -0.393 e. The Morgan fingerprint density at radius 1 is 1.60 bits per heavy atom. The lowest BCUT2D eigenvalue weighted by Gasteiger charge is -2.22. The second-order valence-electron chi connectivity index (χ2n) is 5.43. The number of hydrogen-bond donors (Lipinski definition) is 2. The van der Waals surface area contributed by atoms with E-state index in [4.69, 9.17) is 0 Å². The van der Waals surface area contributed by atoms with Crippen LogP contribution in [-0.4, -0.2) is 63.7 Å². The summed E-state index contributed by atoms with van der Waals surface area (Å²) in [6.07, 6.45) is 3.90. The van der Waals surface area contributed by atoms with E-state index in [1.165, 1.54) is 0 Å². The first-order valence-corrected chi connectivity index (χ1v) is 7.14. The van der Waals surface area contributed by atoms with E-state index in [1.54, 1.807) is 29.7 Å². The van der Waals surface area contributed by atoms with E-state index in [1.807, 2.05) is 0 Å². The number of carbonyl (C=O) groups excluding carboxylic acids is 1. The van der Waals surface area contributed by atoms with Crippen LogP contribution in [0.1, 0.15) is 42.7 Å². The summed E-state index contributed by atoms with van der Waals surface area (Å²) in [5.41, 5.74) is 0.372. The second kappa shape index (κ2) is 6.81. The number of nitrogens with one attached hydrogen (secondary N) is 1. The highest BCUT2D eigenvalue weighted by molar-refractivity contribution is 5.91. The molecule has 2 N–H and O–H groups in total.